The topological polar surface area (TPSA) is 122 Å². The maximum Gasteiger partial charge on any atom is 0.573 e. The quantitative estimate of drug-likeness (QED) is 0.209. The number of aliphatic hydroxyl groups is 1. The van der Waals surface area contributed by atoms with Crippen LogP contribution in [0.1, 0.15) is 13.8 Å². The maximum absolute atomic E-state index is 13.5. The second-order valence-corrected chi connectivity index (χ2v) is 7.76. The zero-order valence-electron chi connectivity index (χ0n) is 18.5. The van der Waals surface area contributed by atoms with Gasteiger partial charge in [0.25, 0.3) is 5.69 Å². The Morgan fingerprint density at radius 2 is 1.89 bits per heavy atom. The zero-order chi connectivity index (χ0) is 25.8. The van der Waals surface area contributed by atoms with Crippen molar-refractivity contribution in [2.75, 3.05) is 17.2 Å². The van der Waals surface area contributed by atoms with Crippen LogP contribution in [-0.4, -0.2) is 39.0 Å². The van der Waals surface area contributed by atoms with Gasteiger partial charge in [0.2, 0.25) is 5.95 Å². The number of benzene rings is 2. The number of nitro benzene ring substituents is 1. The highest BCUT2D eigenvalue weighted by Crippen LogP contribution is 2.32. The SMILES string of the molecule is CC(C)[C@@H](CO)Nc1nc(Nc2ccc(F)cc2[N+](=O)[O-])cc(-c2cccc(OC(F)(F)F)c2)n1. The Morgan fingerprint density at radius 1 is 1.14 bits per heavy atom. The van der Waals surface area contributed by atoms with Crippen LogP contribution in [0.5, 0.6) is 5.75 Å². The van der Waals surface area contributed by atoms with Gasteiger partial charge in [-0.05, 0) is 30.2 Å². The highest BCUT2D eigenvalue weighted by atomic mass is 19.4. The molecule has 3 rings (SSSR count). The van der Waals surface area contributed by atoms with Crippen molar-refractivity contribution >= 4 is 23.1 Å². The molecule has 3 N–H and O–H groups in total. The van der Waals surface area contributed by atoms with Crippen molar-refractivity contribution in [2.24, 2.45) is 5.92 Å². The second kappa shape index (κ2) is 10.5. The fourth-order valence-electron chi connectivity index (χ4n) is 3.06. The lowest BCUT2D eigenvalue weighted by molar-refractivity contribution is -0.384. The number of nitro groups is 1. The van der Waals surface area contributed by atoms with E-state index in [2.05, 4.69) is 25.3 Å². The van der Waals surface area contributed by atoms with Crippen molar-refractivity contribution in [1.29, 1.82) is 0 Å². The third-order valence-corrected chi connectivity index (χ3v) is 4.82. The number of hydrogen-bond donors (Lipinski definition) is 3. The van der Waals surface area contributed by atoms with E-state index < -0.39 is 34.6 Å². The lowest BCUT2D eigenvalue weighted by Crippen LogP contribution is -2.30. The predicted molar refractivity (Wildman–Crippen MR) is 120 cm³/mol. The molecule has 0 spiro atoms. The molecule has 2 aromatic carbocycles. The summed E-state index contributed by atoms with van der Waals surface area (Å²) in [6.07, 6.45) is -4.89. The van der Waals surface area contributed by atoms with Gasteiger partial charge in [0, 0.05) is 11.6 Å². The number of aromatic nitrogens is 2. The number of rotatable bonds is 9. The van der Waals surface area contributed by atoms with Gasteiger partial charge in [-0.1, -0.05) is 26.0 Å². The summed E-state index contributed by atoms with van der Waals surface area (Å²) in [7, 11) is 0. The minimum atomic E-state index is -4.89. The largest absolute Gasteiger partial charge is 0.573 e. The van der Waals surface area contributed by atoms with Crippen LogP contribution in [0.3, 0.4) is 0 Å². The van der Waals surface area contributed by atoms with E-state index in [0.29, 0.717) is 0 Å². The molecule has 0 saturated carbocycles. The molecule has 9 nitrogen and oxygen atoms in total. The Labute approximate surface area is 196 Å². The summed E-state index contributed by atoms with van der Waals surface area (Å²) in [5.41, 5.74) is -0.221. The fourth-order valence-corrected chi connectivity index (χ4v) is 3.06. The zero-order valence-corrected chi connectivity index (χ0v) is 18.5. The average molecular weight is 495 g/mol. The first kappa shape index (κ1) is 25.6. The molecule has 0 aliphatic heterocycles. The summed E-state index contributed by atoms with van der Waals surface area (Å²) in [6.45, 7) is 3.43. The highest BCUT2D eigenvalue weighted by molar-refractivity contribution is 5.72. The lowest BCUT2D eigenvalue weighted by Gasteiger charge is -2.21. The van der Waals surface area contributed by atoms with E-state index in [-0.39, 0.29) is 41.2 Å². The number of anilines is 3. The van der Waals surface area contributed by atoms with Crippen molar-refractivity contribution in [1.82, 2.24) is 9.97 Å². The summed E-state index contributed by atoms with van der Waals surface area (Å²) >= 11 is 0. The minimum absolute atomic E-state index is 0.00431. The summed E-state index contributed by atoms with van der Waals surface area (Å²) in [4.78, 5) is 19.2. The minimum Gasteiger partial charge on any atom is -0.406 e. The van der Waals surface area contributed by atoms with Gasteiger partial charge < -0.3 is 20.5 Å². The van der Waals surface area contributed by atoms with Crippen molar-refractivity contribution < 1.29 is 32.3 Å². The van der Waals surface area contributed by atoms with Crippen LogP contribution in [0.4, 0.5) is 40.7 Å². The molecule has 1 aromatic heterocycles. The number of halogens is 4. The first-order chi connectivity index (χ1) is 16.4. The number of alkyl halides is 3. The van der Waals surface area contributed by atoms with Gasteiger partial charge >= 0.3 is 6.36 Å². The monoisotopic (exact) mass is 495 g/mol. The maximum atomic E-state index is 13.5. The molecule has 186 valence electrons. The van der Waals surface area contributed by atoms with Gasteiger partial charge in [-0.25, -0.2) is 9.37 Å². The number of nitrogens with zero attached hydrogens (tertiary/aromatic N) is 3. The van der Waals surface area contributed by atoms with Crippen LogP contribution in [0, 0.1) is 21.8 Å². The summed E-state index contributed by atoms with van der Waals surface area (Å²) in [5.74, 6) is -1.27. The van der Waals surface area contributed by atoms with E-state index in [1.165, 1.54) is 18.2 Å². The van der Waals surface area contributed by atoms with Crippen molar-refractivity contribution in [3.8, 4) is 17.0 Å². The summed E-state index contributed by atoms with van der Waals surface area (Å²) in [6, 6.07) is 8.89. The Morgan fingerprint density at radius 3 is 2.51 bits per heavy atom. The Balaban J connectivity index is 2.07. The second-order valence-electron chi connectivity index (χ2n) is 7.76. The molecule has 0 amide bonds. The molecule has 0 unspecified atom stereocenters. The van der Waals surface area contributed by atoms with E-state index in [0.717, 1.165) is 30.3 Å². The Hall–Kier alpha value is -4.00. The van der Waals surface area contributed by atoms with E-state index in [1.807, 2.05) is 13.8 Å². The van der Waals surface area contributed by atoms with E-state index >= 15 is 0 Å². The molecular formula is C22H21F4N5O4. The van der Waals surface area contributed by atoms with Crippen LogP contribution in [0.2, 0.25) is 0 Å². The molecule has 0 fully saturated rings. The molecule has 0 aliphatic carbocycles. The molecule has 0 bridgehead atoms. The highest BCUT2D eigenvalue weighted by Gasteiger charge is 2.31. The lowest BCUT2D eigenvalue weighted by atomic mass is 10.1. The van der Waals surface area contributed by atoms with E-state index in [4.69, 9.17) is 0 Å². The normalized spacial score (nSPS) is 12.3. The number of nitrogens with one attached hydrogen (secondary N) is 2. The smallest absolute Gasteiger partial charge is 0.406 e. The van der Waals surface area contributed by atoms with E-state index in [1.54, 1.807) is 0 Å². The van der Waals surface area contributed by atoms with Gasteiger partial charge in [0.1, 0.15) is 23.1 Å². The van der Waals surface area contributed by atoms with Gasteiger partial charge in [0.05, 0.1) is 29.3 Å². The van der Waals surface area contributed by atoms with Crippen molar-refractivity contribution in [3.05, 3.63) is 64.5 Å². The van der Waals surface area contributed by atoms with Crippen molar-refractivity contribution in [2.45, 2.75) is 26.3 Å². The van der Waals surface area contributed by atoms with Crippen LogP contribution in [-0.2, 0) is 0 Å². The first-order valence-electron chi connectivity index (χ1n) is 10.3. The molecule has 0 saturated heterocycles. The van der Waals surface area contributed by atoms with Crippen LogP contribution >= 0.6 is 0 Å². The van der Waals surface area contributed by atoms with Crippen molar-refractivity contribution in [3.63, 3.8) is 0 Å². The summed E-state index contributed by atoms with van der Waals surface area (Å²) in [5, 5.41) is 26.7. The van der Waals surface area contributed by atoms with Gasteiger partial charge in [-0.15, -0.1) is 13.2 Å². The number of hydrogen-bond acceptors (Lipinski definition) is 8. The third kappa shape index (κ3) is 6.99. The van der Waals surface area contributed by atoms with Gasteiger partial charge in [-0.2, -0.15) is 4.98 Å². The predicted octanol–water partition coefficient (Wildman–Crippen LogP) is 5.26. The standard InChI is InChI=1S/C22H21F4N5O4/c1-12(2)18(11-32)29-21-28-17(13-4-3-5-15(8-13)35-22(24,25)26)10-20(30-21)27-16-7-6-14(23)9-19(16)31(33)34/h3-10,12,18,32H,11H2,1-2H3,(H2,27,28,29,30)/t18-/m1/s1. The first-order valence-corrected chi connectivity index (χ1v) is 10.3. The fraction of sp³-hybridized carbons (Fsp3) is 0.273. The number of ether oxygens (including phenoxy) is 1. The van der Waals surface area contributed by atoms with Crippen LogP contribution < -0.4 is 15.4 Å². The molecule has 0 radical (unpaired) electrons. The Kier molecular flexibility index (Phi) is 7.69. The number of aliphatic hydroxyl groups excluding tert-OH is 1. The Bertz CT molecular complexity index is 1210. The molecule has 35 heavy (non-hydrogen) atoms. The molecular weight excluding hydrogens is 474 g/mol. The molecule has 1 heterocycles. The van der Waals surface area contributed by atoms with E-state index in [9.17, 15) is 32.8 Å². The van der Waals surface area contributed by atoms with Crippen LogP contribution in [0.25, 0.3) is 11.3 Å². The average Bonchev–Trinajstić information content (AvgIpc) is 2.77. The van der Waals surface area contributed by atoms with Gasteiger partial charge in [-0.3, -0.25) is 10.1 Å². The van der Waals surface area contributed by atoms with Crippen LogP contribution in [0.15, 0.2) is 48.5 Å². The molecule has 0 aliphatic rings. The van der Waals surface area contributed by atoms with Gasteiger partial charge in [0.15, 0.2) is 0 Å². The molecule has 1 atom stereocenters. The molecule has 3 aromatic rings. The summed E-state index contributed by atoms with van der Waals surface area (Å²) < 4.78 is 55.5. The molecule has 13 heteroatoms. The third-order valence-electron chi connectivity index (χ3n) is 4.82.